The molecule has 0 aliphatic carbocycles. The van der Waals surface area contributed by atoms with Crippen LogP contribution in [0.4, 0.5) is 5.69 Å². The lowest BCUT2D eigenvalue weighted by Crippen LogP contribution is -2.33. The van der Waals surface area contributed by atoms with Gasteiger partial charge in [0.05, 0.1) is 16.4 Å². The van der Waals surface area contributed by atoms with Crippen LogP contribution in [0.15, 0.2) is 42.5 Å². The molecule has 1 aliphatic rings. The van der Waals surface area contributed by atoms with Crippen molar-refractivity contribution in [3.8, 4) is 11.4 Å². The minimum atomic E-state index is -0.494. The Labute approximate surface area is 128 Å². The molecular formula is C18H17N3O. The fraction of sp³-hybridized carbons (Fsp3) is 0.222. The molecule has 4 rings (SSSR count). The number of benzene rings is 2. The zero-order chi connectivity index (χ0) is 15.5. The monoisotopic (exact) mass is 291 g/mol. The van der Waals surface area contributed by atoms with E-state index in [1.165, 1.54) is 0 Å². The summed E-state index contributed by atoms with van der Waals surface area (Å²) in [6, 6.07) is 14.1. The fourth-order valence-electron chi connectivity index (χ4n) is 3.21. The first-order valence-electron chi connectivity index (χ1n) is 7.36. The standard InChI is InChI=1S/C18H17N3O/c1-18(2)12-10-11(8-9-15(12)21(3)17(18)22)16-19-13-6-4-5-7-14(13)20-16/h4-10H,1-3H3,(H,19,20). The van der Waals surface area contributed by atoms with Gasteiger partial charge in [0.1, 0.15) is 5.82 Å². The third-order valence-electron chi connectivity index (χ3n) is 4.53. The van der Waals surface area contributed by atoms with Gasteiger partial charge < -0.3 is 9.88 Å². The van der Waals surface area contributed by atoms with Gasteiger partial charge in [-0.1, -0.05) is 12.1 Å². The van der Waals surface area contributed by atoms with Gasteiger partial charge in [-0.25, -0.2) is 4.98 Å². The second kappa shape index (κ2) is 4.19. The molecule has 0 saturated carbocycles. The first-order chi connectivity index (χ1) is 10.5. The van der Waals surface area contributed by atoms with Crippen LogP contribution in [0.5, 0.6) is 0 Å². The Kier molecular flexibility index (Phi) is 2.49. The van der Waals surface area contributed by atoms with Crippen molar-refractivity contribution >= 4 is 22.6 Å². The van der Waals surface area contributed by atoms with Crippen LogP contribution in [0.2, 0.25) is 0 Å². The van der Waals surface area contributed by atoms with Crippen molar-refractivity contribution in [3.05, 3.63) is 48.0 Å². The van der Waals surface area contributed by atoms with Gasteiger partial charge in [-0.3, -0.25) is 4.79 Å². The smallest absolute Gasteiger partial charge is 0.236 e. The molecule has 1 aliphatic heterocycles. The highest BCUT2D eigenvalue weighted by Gasteiger charge is 2.42. The number of carbonyl (C=O) groups excluding carboxylic acids is 1. The molecule has 0 saturated heterocycles. The number of nitrogens with zero attached hydrogens (tertiary/aromatic N) is 2. The summed E-state index contributed by atoms with van der Waals surface area (Å²) in [5, 5.41) is 0. The molecule has 2 heterocycles. The summed E-state index contributed by atoms with van der Waals surface area (Å²) in [4.78, 5) is 22.1. The molecule has 0 fully saturated rings. The van der Waals surface area contributed by atoms with E-state index in [9.17, 15) is 4.79 Å². The number of hydrogen-bond acceptors (Lipinski definition) is 2. The van der Waals surface area contributed by atoms with Gasteiger partial charge in [0.15, 0.2) is 0 Å². The molecule has 0 bridgehead atoms. The molecule has 3 aromatic rings. The Morgan fingerprint density at radius 2 is 1.91 bits per heavy atom. The molecule has 22 heavy (non-hydrogen) atoms. The van der Waals surface area contributed by atoms with Crippen molar-refractivity contribution in [2.75, 3.05) is 11.9 Å². The van der Waals surface area contributed by atoms with Gasteiger partial charge in [-0.15, -0.1) is 0 Å². The number of likely N-dealkylation sites (N-methyl/N-ethyl adjacent to an activating group) is 1. The van der Waals surface area contributed by atoms with E-state index in [-0.39, 0.29) is 5.91 Å². The summed E-state index contributed by atoms with van der Waals surface area (Å²) in [5.41, 5.74) is 4.52. The van der Waals surface area contributed by atoms with E-state index in [1.807, 2.05) is 57.3 Å². The van der Waals surface area contributed by atoms with E-state index in [0.29, 0.717) is 0 Å². The normalized spacial score (nSPS) is 16.3. The summed E-state index contributed by atoms with van der Waals surface area (Å²) in [6.45, 7) is 3.94. The Hall–Kier alpha value is -2.62. The molecule has 4 heteroatoms. The lowest BCUT2D eigenvalue weighted by Gasteiger charge is -2.16. The van der Waals surface area contributed by atoms with Crippen LogP contribution in [-0.4, -0.2) is 22.9 Å². The third kappa shape index (κ3) is 1.64. The van der Waals surface area contributed by atoms with Crippen LogP contribution in [0.1, 0.15) is 19.4 Å². The van der Waals surface area contributed by atoms with Gasteiger partial charge in [0.25, 0.3) is 0 Å². The minimum Gasteiger partial charge on any atom is -0.338 e. The third-order valence-corrected chi connectivity index (χ3v) is 4.53. The van der Waals surface area contributed by atoms with E-state index < -0.39 is 5.41 Å². The van der Waals surface area contributed by atoms with Crippen molar-refractivity contribution in [2.45, 2.75) is 19.3 Å². The van der Waals surface area contributed by atoms with E-state index in [0.717, 1.165) is 33.7 Å². The quantitative estimate of drug-likeness (QED) is 0.746. The average molecular weight is 291 g/mol. The van der Waals surface area contributed by atoms with Gasteiger partial charge in [0.2, 0.25) is 5.91 Å². The van der Waals surface area contributed by atoms with Crippen LogP contribution in [0.3, 0.4) is 0 Å². The number of aromatic amines is 1. The number of imidazole rings is 1. The first kappa shape index (κ1) is 13.1. The van der Waals surface area contributed by atoms with Crippen molar-refractivity contribution in [2.24, 2.45) is 0 Å². The number of hydrogen-bond donors (Lipinski definition) is 1. The molecule has 0 atom stereocenters. The second-order valence-corrected chi connectivity index (χ2v) is 6.32. The number of nitrogens with one attached hydrogen (secondary N) is 1. The molecule has 1 N–H and O–H groups in total. The van der Waals surface area contributed by atoms with Gasteiger partial charge in [-0.2, -0.15) is 0 Å². The average Bonchev–Trinajstić information content (AvgIpc) is 3.02. The zero-order valence-electron chi connectivity index (χ0n) is 12.8. The number of para-hydroxylation sites is 2. The summed E-state index contributed by atoms with van der Waals surface area (Å²) < 4.78 is 0. The highest BCUT2D eigenvalue weighted by Crippen LogP contribution is 2.42. The van der Waals surface area contributed by atoms with Crippen LogP contribution < -0.4 is 4.90 Å². The Morgan fingerprint density at radius 3 is 2.68 bits per heavy atom. The van der Waals surface area contributed by atoms with Crippen LogP contribution in [0.25, 0.3) is 22.4 Å². The predicted molar refractivity (Wildman–Crippen MR) is 88.0 cm³/mol. The number of carbonyl (C=O) groups is 1. The summed E-state index contributed by atoms with van der Waals surface area (Å²) in [7, 11) is 1.83. The maximum atomic E-state index is 12.4. The molecule has 0 unspecified atom stereocenters. The molecule has 110 valence electrons. The molecule has 1 aromatic heterocycles. The van der Waals surface area contributed by atoms with E-state index in [2.05, 4.69) is 16.0 Å². The maximum Gasteiger partial charge on any atom is 0.236 e. The number of aromatic nitrogens is 2. The molecule has 1 amide bonds. The van der Waals surface area contributed by atoms with E-state index in [1.54, 1.807) is 4.90 Å². The Morgan fingerprint density at radius 1 is 1.14 bits per heavy atom. The number of anilines is 1. The van der Waals surface area contributed by atoms with Gasteiger partial charge in [0, 0.05) is 18.3 Å². The second-order valence-electron chi connectivity index (χ2n) is 6.32. The lowest BCUT2D eigenvalue weighted by molar-refractivity contribution is -0.121. The van der Waals surface area contributed by atoms with Gasteiger partial charge in [-0.05, 0) is 49.7 Å². The molecule has 0 spiro atoms. The summed E-state index contributed by atoms with van der Waals surface area (Å²) in [5.74, 6) is 0.964. The fourth-order valence-corrected chi connectivity index (χ4v) is 3.21. The van der Waals surface area contributed by atoms with Crippen molar-refractivity contribution in [1.82, 2.24) is 9.97 Å². The topological polar surface area (TPSA) is 49.0 Å². The molecule has 4 nitrogen and oxygen atoms in total. The lowest BCUT2D eigenvalue weighted by atomic mass is 9.85. The predicted octanol–water partition coefficient (Wildman–Crippen LogP) is 3.48. The van der Waals surface area contributed by atoms with E-state index >= 15 is 0 Å². The number of rotatable bonds is 1. The van der Waals surface area contributed by atoms with Crippen LogP contribution in [0, 0.1) is 0 Å². The molecule has 2 aromatic carbocycles. The number of fused-ring (bicyclic) bond motifs is 2. The largest absolute Gasteiger partial charge is 0.338 e. The highest BCUT2D eigenvalue weighted by molar-refractivity contribution is 6.07. The summed E-state index contributed by atoms with van der Waals surface area (Å²) in [6.07, 6.45) is 0. The molecule has 0 radical (unpaired) electrons. The Bertz CT molecular complexity index is 875. The Balaban J connectivity index is 1.89. The number of H-pyrrole nitrogens is 1. The number of amides is 1. The SMILES string of the molecule is CN1C(=O)C(C)(C)c2cc(-c3nc4ccccc4[nH]3)ccc21. The van der Waals surface area contributed by atoms with Crippen LogP contribution >= 0.6 is 0 Å². The minimum absolute atomic E-state index is 0.129. The first-order valence-corrected chi connectivity index (χ1v) is 7.36. The molecular weight excluding hydrogens is 274 g/mol. The van der Waals surface area contributed by atoms with Crippen molar-refractivity contribution in [3.63, 3.8) is 0 Å². The van der Waals surface area contributed by atoms with Crippen molar-refractivity contribution in [1.29, 1.82) is 0 Å². The highest BCUT2D eigenvalue weighted by atomic mass is 16.2. The van der Waals surface area contributed by atoms with E-state index in [4.69, 9.17) is 0 Å². The van der Waals surface area contributed by atoms with Gasteiger partial charge >= 0.3 is 0 Å². The summed E-state index contributed by atoms with van der Waals surface area (Å²) >= 11 is 0. The van der Waals surface area contributed by atoms with Crippen LogP contribution in [-0.2, 0) is 10.2 Å². The van der Waals surface area contributed by atoms with Crippen molar-refractivity contribution < 1.29 is 4.79 Å². The zero-order valence-corrected chi connectivity index (χ0v) is 12.8. The maximum absolute atomic E-state index is 12.4.